The lowest BCUT2D eigenvalue weighted by atomic mass is 10.1. The quantitative estimate of drug-likeness (QED) is 0.817. The average molecular weight is 282 g/mol. The van der Waals surface area contributed by atoms with Gasteiger partial charge in [0.2, 0.25) is 0 Å². The van der Waals surface area contributed by atoms with Gasteiger partial charge in [-0.2, -0.15) is 0 Å². The van der Waals surface area contributed by atoms with Crippen molar-refractivity contribution in [2.24, 2.45) is 0 Å². The van der Waals surface area contributed by atoms with Crippen molar-refractivity contribution >= 4 is 28.9 Å². The smallest absolute Gasteiger partial charge is 0.152 e. The SMILES string of the molecule is Oc1c(Cl)cc(NCCc2ccccc2)cc1Cl. The van der Waals surface area contributed by atoms with Crippen LogP contribution < -0.4 is 5.32 Å². The average Bonchev–Trinajstić information content (AvgIpc) is 2.37. The third-order valence-electron chi connectivity index (χ3n) is 2.60. The van der Waals surface area contributed by atoms with Gasteiger partial charge < -0.3 is 10.4 Å². The summed E-state index contributed by atoms with van der Waals surface area (Å²) in [6.07, 6.45) is 0.914. The number of hydrogen-bond acceptors (Lipinski definition) is 2. The molecule has 2 aromatic rings. The van der Waals surface area contributed by atoms with Gasteiger partial charge in [-0.1, -0.05) is 53.5 Å². The molecule has 0 unspecified atom stereocenters. The van der Waals surface area contributed by atoms with Crippen molar-refractivity contribution in [2.45, 2.75) is 6.42 Å². The van der Waals surface area contributed by atoms with E-state index in [1.807, 2.05) is 18.2 Å². The first-order valence-corrected chi connectivity index (χ1v) is 6.38. The van der Waals surface area contributed by atoms with Gasteiger partial charge in [-0.25, -0.2) is 0 Å². The Morgan fingerprint density at radius 2 is 1.61 bits per heavy atom. The fraction of sp³-hybridized carbons (Fsp3) is 0.143. The molecule has 0 spiro atoms. The van der Waals surface area contributed by atoms with Gasteiger partial charge >= 0.3 is 0 Å². The molecule has 18 heavy (non-hydrogen) atoms. The van der Waals surface area contributed by atoms with Gasteiger partial charge in [-0.05, 0) is 24.1 Å². The summed E-state index contributed by atoms with van der Waals surface area (Å²) in [6, 6.07) is 13.5. The van der Waals surface area contributed by atoms with Crippen LogP contribution in [0.4, 0.5) is 5.69 Å². The molecule has 0 saturated carbocycles. The number of phenols is 1. The van der Waals surface area contributed by atoms with E-state index in [2.05, 4.69) is 17.4 Å². The van der Waals surface area contributed by atoms with Crippen LogP contribution in [0, 0.1) is 0 Å². The maximum absolute atomic E-state index is 9.44. The molecular formula is C14H13Cl2NO. The first-order valence-electron chi connectivity index (χ1n) is 5.62. The van der Waals surface area contributed by atoms with Gasteiger partial charge in [0.25, 0.3) is 0 Å². The van der Waals surface area contributed by atoms with Crippen molar-refractivity contribution < 1.29 is 5.11 Å². The summed E-state index contributed by atoms with van der Waals surface area (Å²) >= 11 is 11.7. The van der Waals surface area contributed by atoms with Crippen LogP contribution in [0.25, 0.3) is 0 Å². The Morgan fingerprint density at radius 1 is 1.00 bits per heavy atom. The Bertz CT molecular complexity index is 506. The zero-order valence-electron chi connectivity index (χ0n) is 9.66. The first kappa shape index (κ1) is 13.1. The molecule has 0 saturated heterocycles. The highest BCUT2D eigenvalue weighted by molar-refractivity contribution is 6.37. The molecule has 2 aromatic carbocycles. The van der Waals surface area contributed by atoms with E-state index >= 15 is 0 Å². The number of hydrogen-bond donors (Lipinski definition) is 2. The minimum Gasteiger partial charge on any atom is -0.505 e. The van der Waals surface area contributed by atoms with Crippen LogP contribution in [0.2, 0.25) is 10.0 Å². The molecular weight excluding hydrogens is 269 g/mol. The number of benzene rings is 2. The van der Waals surface area contributed by atoms with Gasteiger partial charge in [0.1, 0.15) is 0 Å². The maximum Gasteiger partial charge on any atom is 0.152 e. The topological polar surface area (TPSA) is 32.3 Å². The Kier molecular flexibility index (Phi) is 4.34. The Balaban J connectivity index is 1.95. The number of rotatable bonds is 4. The molecule has 2 rings (SSSR count). The molecule has 0 heterocycles. The van der Waals surface area contributed by atoms with Crippen molar-refractivity contribution in [2.75, 3.05) is 11.9 Å². The molecule has 0 aromatic heterocycles. The lowest BCUT2D eigenvalue weighted by Gasteiger charge is -2.08. The number of phenolic OH excluding ortho intramolecular Hbond substituents is 1. The van der Waals surface area contributed by atoms with Gasteiger partial charge in [0, 0.05) is 12.2 Å². The maximum atomic E-state index is 9.44. The van der Waals surface area contributed by atoms with E-state index in [1.165, 1.54) is 5.56 Å². The Hall–Kier alpha value is -1.38. The summed E-state index contributed by atoms with van der Waals surface area (Å²) in [6.45, 7) is 0.779. The second-order valence-electron chi connectivity index (χ2n) is 3.95. The van der Waals surface area contributed by atoms with Crippen LogP contribution in [0.15, 0.2) is 42.5 Å². The second-order valence-corrected chi connectivity index (χ2v) is 4.77. The standard InChI is InChI=1S/C14H13Cl2NO/c15-12-8-11(9-13(16)14(12)18)17-7-6-10-4-2-1-3-5-10/h1-5,8-9,17-18H,6-7H2. The summed E-state index contributed by atoms with van der Waals surface area (Å²) in [5, 5.41) is 13.2. The van der Waals surface area contributed by atoms with E-state index in [0.29, 0.717) is 0 Å². The predicted octanol–water partition coefficient (Wildman–Crippen LogP) is 4.35. The molecule has 0 aliphatic rings. The number of nitrogens with one attached hydrogen (secondary N) is 1. The zero-order chi connectivity index (χ0) is 13.0. The minimum atomic E-state index is -0.0769. The lowest BCUT2D eigenvalue weighted by Crippen LogP contribution is -2.04. The highest BCUT2D eigenvalue weighted by Crippen LogP contribution is 2.34. The van der Waals surface area contributed by atoms with Gasteiger partial charge in [-0.3, -0.25) is 0 Å². The fourth-order valence-electron chi connectivity index (χ4n) is 1.66. The van der Waals surface area contributed by atoms with E-state index in [9.17, 15) is 5.11 Å². The summed E-state index contributed by atoms with van der Waals surface area (Å²) < 4.78 is 0. The Labute approximate surface area is 116 Å². The van der Waals surface area contributed by atoms with Crippen molar-refractivity contribution in [3.05, 3.63) is 58.1 Å². The van der Waals surface area contributed by atoms with Crippen LogP contribution >= 0.6 is 23.2 Å². The van der Waals surface area contributed by atoms with Gasteiger partial charge in [-0.15, -0.1) is 0 Å². The van der Waals surface area contributed by atoms with Crippen LogP contribution in [0.1, 0.15) is 5.56 Å². The molecule has 0 radical (unpaired) electrons. The molecule has 4 heteroatoms. The lowest BCUT2D eigenvalue weighted by molar-refractivity contribution is 0.476. The molecule has 0 fully saturated rings. The van der Waals surface area contributed by atoms with E-state index in [1.54, 1.807) is 12.1 Å². The highest BCUT2D eigenvalue weighted by atomic mass is 35.5. The van der Waals surface area contributed by atoms with Crippen molar-refractivity contribution in [3.8, 4) is 5.75 Å². The highest BCUT2D eigenvalue weighted by Gasteiger charge is 2.06. The van der Waals surface area contributed by atoms with E-state index in [-0.39, 0.29) is 15.8 Å². The molecule has 0 bridgehead atoms. The number of aromatic hydroxyl groups is 1. The molecule has 2 nitrogen and oxygen atoms in total. The number of halogens is 2. The monoisotopic (exact) mass is 281 g/mol. The van der Waals surface area contributed by atoms with Crippen LogP contribution in [-0.2, 0) is 6.42 Å². The van der Waals surface area contributed by atoms with E-state index in [0.717, 1.165) is 18.7 Å². The Morgan fingerprint density at radius 3 is 2.22 bits per heavy atom. The second kappa shape index (κ2) is 5.98. The fourth-order valence-corrected chi connectivity index (χ4v) is 2.15. The van der Waals surface area contributed by atoms with Crippen molar-refractivity contribution in [1.29, 1.82) is 0 Å². The van der Waals surface area contributed by atoms with Crippen LogP contribution in [-0.4, -0.2) is 11.7 Å². The molecule has 94 valence electrons. The molecule has 0 atom stereocenters. The van der Waals surface area contributed by atoms with Gasteiger partial charge in [0.05, 0.1) is 10.0 Å². The molecule has 0 aliphatic carbocycles. The largest absolute Gasteiger partial charge is 0.505 e. The first-order chi connectivity index (χ1) is 8.66. The molecule has 0 amide bonds. The van der Waals surface area contributed by atoms with Crippen LogP contribution in [0.3, 0.4) is 0 Å². The minimum absolute atomic E-state index is 0.0769. The van der Waals surface area contributed by atoms with Gasteiger partial charge in [0.15, 0.2) is 5.75 Å². The van der Waals surface area contributed by atoms with Crippen molar-refractivity contribution in [1.82, 2.24) is 0 Å². The molecule has 2 N–H and O–H groups in total. The normalized spacial score (nSPS) is 10.3. The summed E-state index contributed by atoms with van der Waals surface area (Å²) in [5.74, 6) is -0.0769. The van der Waals surface area contributed by atoms with Crippen molar-refractivity contribution in [3.63, 3.8) is 0 Å². The third kappa shape index (κ3) is 3.31. The zero-order valence-corrected chi connectivity index (χ0v) is 11.2. The summed E-state index contributed by atoms with van der Waals surface area (Å²) in [7, 11) is 0. The van der Waals surface area contributed by atoms with Crippen LogP contribution in [0.5, 0.6) is 5.75 Å². The van der Waals surface area contributed by atoms with E-state index in [4.69, 9.17) is 23.2 Å². The predicted molar refractivity (Wildman–Crippen MR) is 76.8 cm³/mol. The third-order valence-corrected chi connectivity index (χ3v) is 3.18. The molecule has 0 aliphatic heterocycles. The van der Waals surface area contributed by atoms with E-state index < -0.39 is 0 Å². The summed E-state index contributed by atoms with van der Waals surface area (Å²) in [5.41, 5.74) is 2.07. The number of anilines is 1. The summed E-state index contributed by atoms with van der Waals surface area (Å²) in [4.78, 5) is 0.